The number of methoxy groups -OCH3 is 2. The summed E-state index contributed by atoms with van der Waals surface area (Å²) in [5.41, 5.74) is 1.44. The molecule has 29 heavy (non-hydrogen) atoms. The van der Waals surface area contributed by atoms with Crippen LogP contribution in [0.2, 0.25) is 0 Å². The molecule has 1 heterocycles. The molecule has 3 rings (SSSR count). The van der Waals surface area contributed by atoms with Gasteiger partial charge in [0.25, 0.3) is 0 Å². The highest BCUT2D eigenvalue weighted by molar-refractivity contribution is 8.18. The molecule has 0 fully saturated rings. The summed E-state index contributed by atoms with van der Waals surface area (Å²) in [5.74, 6) is 0.336. The number of benzene rings is 2. The van der Waals surface area contributed by atoms with Crippen LogP contribution >= 0.6 is 11.8 Å². The van der Waals surface area contributed by atoms with Crippen LogP contribution in [-0.2, 0) is 9.53 Å². The van der Waals surface area contributed by atoms with E-state index in [0.29, 0.717) is 27.1 Å². The van der Waals surface area contributed by atoms with Crippen LogP contribution in [0.1, 0.15) is 12.5 Å². The molecule has 1 N–H and O–H groups in total. The van der Waals surface area contributed by atoms with Gasteiger partial charge in [-0.1, -0.05) is 42.1 Å². The van der Waals surface area contributed by atoms with E-state index in [2.05, 4.69) is 4.99 Å². The molecule has 0 saturated carbocycles. The highest BCUT2D eigenvalue weighted by Crippen LogP contribution is 2.42. The zero-order chi connectivity index (χ0) is 20.8. The van der Waals surface area contributed by atoms with Gasteiger partial charge in [0.05, 0.1) is 25.7 Å². The van der Waals surface area contributed by atoms with Gasteiger partial charge in [-0.15, -0.1) is 0 Å². The zero-order valence-electron chi connectivity index (χ0n) is 16.3. The van der Waals surface area contributed by atoms with Crippen molar-refractivity contribution in [2.24, 2.45) is 4.99 Å². The quantitative estimate of drug-likeness (QED) is 0.682. The van der Waals surface area contributed by atoms with E-state index in [1.165, 1.54) is 18.9 Å². The molecule has 0 unspecified atom stereocenters. The predicted octanol–water partition coefficient (Wildman–Crippen LogP) is 4.90. The summed E-state index contributed by atoms with van der Waals surface area (Å²) in [7, 11) is 3.09. The standard InChI is InChI=1S/C22H21NO5S/c1-4-28-22(25)19-20(24)18(12-14-8-6-5-7-9-14)29-21(19)23-16-11-10-15(26-2)13-17(16)27-3/h5-13,24H,4H2,1-3H3/b18-12+,23-21?. The first kappa shape index (κ1) is 20.5. The molecule has 0 aliphatic carbocycles. The fourth-order valence-electron chi connectivity index (χ4n) is 2.68. The van der Waals surface area contributed by atoms with Crippen molar-refractivity contribution in [2.45, 2.75) is 6.92 Å². The van der Waals surface area contributed by atoms with Crippen LogP contribution in [-0.4, -0.2) is 36.9 Å². The van der Waals surface area contributed by atoms with Gasteiger partial charge in [-0.2, -0.15) is 0 Å². The number of carbonyl (C=O) groups excluding carboxylic acids is 1. The van der Waals surface area contributed by atoms with Crippen molar-refractivity contribution in [1.29, 1.82) is 0 Å². The van der Waals surface area contributed by atoms with Crippen molar-refractivity contribution in [1.82, 2.24) is 0 Å². The van der Waals surface area contributed by atoms with E-state index in [4.69, 9.17) is 14.2 Å². The van der Waals surface area contributed by atoms with Crippen LogP contribution in [0.15, 0.2) is 69.8 Å². The van der Waals surface area contributed by atoms with Gasteiger partial charge >= 0.3 is 5.97 Å². The van der Waals surface area contributed by atoms with Gasteiger partial charge in [0.15, 0.2) is 0 Å². The molecule has 0 aromatic heterocycles. The number of thioether (sulfide) groups is 1. The van der Waals surface area contributed by atoms with E-state index < -0.39 is 5.97 Å². The molecule has 0 spiro atoms. The second-order valence-corrected chi connectivity index (χ2v) is 6.95. The van der Waals surface area contributed by atoms with Crippen LogP contribution in [0.5, 0.6) is 11.5 Å². The molecule has 1 aliphatic heterocycles. The van der Waals surface area contributed by atoms with Gasteiger partial charge in [-0.3, -0.25) is 0 Å². The molecule has 0 radical (unpaired) electrons. The minimum atomic E-state index is -0.625. The van der Waals surface area contributed by atoms with Crippen molar-refractivity contribution in [2.75, 3.05) is 20.8 Å². The molecule has 0 atom stereocenters. The Morgan fingerprint density at radius 3 is 2.55 bits per heavy atom. The number of esters is 1. The lowest BCUT2D eigenvalue weighted by molar-refractivity contribution is -0.138. The van der Waals surface area contributed by atoms with E-state index in [-0.39, 0.29) is 17.9 Å². The molecule has 2 aromatic carbocycles. The Kier molecular flexibility index (Phi) is 6.61. The zero-order valence-corrected chi connectivity index (χ0v) is 17.2. The monoisotopic (exact) mass is 411 g/mol. The van der Waals surface area contributed by atoms with E-state index >= 15 is 0 Å². The third-order valence-corrected chi connectivity index (χ3v) is 5.10. The summed E-state index contributed by atoms with van der Waals surface area (Å²) < 4.78 is 15.7. The maximum absolute atomic E-state index is 12.5. The lowest BCUT2D eigenvalue weighted by atomic mass is 10.1. The Morgan fingerprint density at radius 1 is 1.14 bits per heavy atom. The Bertz CT molecular complexity index is 996. The Balaban J connectivity index is 2.07. The Morgan fingerprint density at radius 2 is 1.90 bits per heavy atom. The fourth-order valence-corrected chi connectivity index (χ4v) is 3.71. The van der Waals surface area contributed by atoms with Crippen molar-refractivity contribution in [3.05, 3.63) is 70.3 Å². The highest BCUT2D eigenvalue weighted by Gasteiger charge is 2.33. The number of aliphatic hydroxyl groups excluding tert-OH is 1. The van der Waals surface area contributed by atoms with Gasteiger partial charge in [0.1, 0.15) is 33.6 Å². The molecular weight excluding hydrogens is 390 g/mol. The van der Waals surface area contributed by atoms with E-state index in [0.717, 1.165) is 5.56 Å². The predicted molar refractivity (Wildman–Crippen MR) is 115 cm³/mol. The van der Waals surface area contributed by atoms with Gasteiger partial charge < -0.3 is 19.3 Å². The van der Waals surface area contributed by atoms with Crippen LogP contribution < -0.4 is 9.47 Å². The first-order valence-electron chi connectivity index (χ1n) is 8.93. The van der Waals surface area contributed by atoms with E-state index in [1.807, 2.05) is 30.3 Å². The van der Waals surface area contributed by atoms with E-state index in [9.17, 15) is 9.90 Å². The number of rotatable bonds is 6. The molecular formula is C22H21NO5S. The summed E-state index contributed by atoms with van der Waals surface area (Å²) in [6.07, 6.45) is 1.80. The number of aliphatic hydroxyl groups is 1. The van der Waals surface area contributed by atoms with Gasteiger partial charge in [0, 0.05) is 6.07 Å². The second-order valence-electron chi connectivity index (χ2n) is 5.92. The third kappa shape index (κ3) is 4.63. The maximum atomic E-state index is 12.5. The van der Waals surface area contributed by atoms with Crippen molar-refractivity contribution in [3.63, 3.8) is 0 Å². The number of hydrogen-bond acceptors (Lipinski definition) is 7. The molecule has 1 aliphatic rings. The number of hydrogen-bond donors (Lipinski definition) is 1. The van der Waals surface area contributed by atoms with Crippen molar-refractivity contribution < 1.29 is 24.1 Å². The van der Waals surface area contributed by atoms with Crippen molar-refractivity contribution in [3.8, 4) is 11.5 Å². The number of ether oxygens (including phenoxy) is 3. The first-order valence-corrected chi connectivity index (χ1v) is 9.75. The molecule has 0 amide bonds. The maximum Gasteiger partial charge on any atom is 0.344 e. The number of carbonyl (C=O) groups is 1. The lowest BCUT2D eigenvalue weighted by Gasteiger charge is -2.08. The van der Waals surface area contributed by atoms with Crippen LogP contribution in [0, 0.1) is 0 Å². The molecule has 0 saturated heterocycles. The largest absolute Gasteiger partial charge is 0.506 e. The molecule has 6 nitrogen and oxygen atoms in total. The smallest absolute Gasteiger partial charge is 0.344 e. The van der Waals surface area contributed by atoms with Gasteiger partial charge in [0.2, 0.25) is 0 Å². The average Bonchev–Trinajstić information content (AvgIpc) is 3.04. The summed E-state index contributed by atoms with van der Waals surface area (Å²) in [6, 6.07) is 14.7. The normalized spacial score (nSPS) is 16.4. The molecule has 7 heteroatoms. The minimum absolute atomic E-state index is 0.0388. The second kappa shape index (κ2) is 9.34. The molecule has 0 bridgehead atoms. The Labute approximate surface area is 173 Å². The highest BCUT2D eigenvalue weighted by atomic mass is 32.2. The van der Waals surface area contributed by atoms with Crippen molar-refractivity contribution >= 4 is 34.5 Å². The summed E-state index contributed by atoms with van der Waals surface area (Å²) >= 11 is 1.20. The van der Waals surface area contributed by atoms with Gasteiger partial charge in [-0.25, -0.2) is 9.79 Å². The molecule has 2 aromatic rings. The summed E-state index contributed by atoms with van der Waals surface area (Å²) in [5, 5.41) is 11.1. The summed E-state index contributed by atoms with van der Waals surface area (Å²) in [6.45, 7) is 1.90. The van der Waals surface area contributed by atoms with Crippen LogP contribution in [0.25, 0.3) is 6.08 Å². The topological polar surface area (TPSA) is 77.4 Å². The van der Waals surface area contributed by atoms with Crippen LogP contribution in [0.3, 0.4) is 0 Å². The van der Waals surface area contributed by atoms with E-state index in [1.54, 1.807) is 38.3 Å². The van der Waals surface area contributed by atoms with Crippen LogP contribution in [0.4, 0.5) is 5.69 Å². The molecule has 150 valence electrons. The minimum Gasteiger partial charge on any atom is -0.506 e. The fraction of sp³-hybridized carbons (Fsp3) is 0.182. The third-order valence-electron chi connectivity index (χ3n) is 4.08. The SMILES string of the molecule is CCOC(=O)C1=C(O)/C(=C\c2ccccc2)SC1=Nc1ccc(OC)cc1OC. The Hall–Kier alpha value is -3.19. The number of nitrogens with zero attached hydrogens (tertiary/aromatic N) is 1. The first-order chi connectivity index (χ1) is 14.1. The lowest BCUT2D eigenvalue weighted by Crippen LogP contribution is -2.12. The summed E-state index contributed by atoms with van der Waals surface area (Å²) in [4.78, 5) is 17.6. The number of aliphatic imine (C=N–C) groups is 1. The van der Waals surface area contributed by atoms with Gasteiger partial charge in [-0.05, 0) is 30.7 Å². The average molecular weight is 411 g/mol.